The Balaban J connectivity index is 1.44. The van der Waals surface area contributed by atoms with E-state index in [1.807, 2.05) is 0 Å². The number of anilines is 1. The number of piperidine rings is 1. The molecule has 1 unspecified atom stereocenters. The van der Waals surface area contributed by atoms with Crippen molar-refractivity contribution in [1.29, 1.82) is 0 Å². The molecule has 3 aromatic carbocycles. The highest BCUT2D eigenvalue weighted by molar-refractivity contribution is 7.90. The van der Waals surface area contributed by atoms with Crippen molar-refractivity contribution >= 4 is 15.9 Å². The van der Waals surface area contributed by atoms with E-state index in [9.17, 15) is 30.4 Å². The summed E-state index contributed by atoms with van der Waals surface area (Å²) in [6, 6.07) is 13.1. The first kappa shape index (κ1) is 25.7. The lowest BCUT2D eigenvalue weighted by molar-refractivity contribution is -0.137. The van der Waals surface area contributed by atoms with E-state index in [1.54, 1.807) is 12.1 Å². The van der Waals surface area contributed by atoms with Gasteiger partial charge in [-0.3, -0.25) is 4.72 Å². The monoisotopic (exact) mass is 536 g/mol. The van der Waals surface area contributed by atoms with Gasteiger partial charge in [-0.15, -0.1) is 0 Å². The van der Waals surface area contributed by atoms with Crippen molar-refractivity contribution in [2.24, 2.45) is 5.92 Å². The molecule has 0 spiro atoms. The number of benzene rings is 3. The Bertz CT molecular complexity index is 1350. The van der Waals surface area contributed by atoms with Crippen LogP contribution in [0.1, 0.15) is 46.6 Å². The van der Waals surface area contributed by atoms with E-state index in [0.717, 1.165) is 46.5 Å². The molecule has 0 saturated carbocycles. The highest BCUT2D eigenvalue weighted by atomic mass is 32.2. The molecule has 2 aliphatic rings. The van der Waals surface area contributed by atoms with Crippen LogP contribution in [0.4, 0.5) is 27.6 Å². The van der Waals surface area contributed by atoms with Gasteiger partial charge in [-0.2, -0.15) is 25.9 Å². The van der Waals surface area contributed by atoms with Crippen molar-refractivity contribution < 1.29 is 30.4 Å². The van der Waals surface area contributed by atoms with Crippen molar-refractivity contribution in [3.8, 4) is 0 Å². The Morgan fingerprint density at radius 3 is 1.95 bits per heavy atom. The zero-order valence-electron chi connectivity index (χ0n) is 19.7. The predicted octanol–water partition coefficient (Wildman–Crippen LogP) is 6.28. The van der Waals surface area contributed by atoms with Crippen LogP contribution in [-0.4, -0.2) is 25.8 Å². The zero-order valence-corrected chi connectivity index (χ0v) is 20.5. The molecule has 1 aliphatic carbocycles. The highest BCUT2D eigenvalue weighted by Crippen LogP contribution is 2.43. The maximum atomic E-state index is 14.1. The zero-order chi connectivity index (χ0) is 26.4. The molecule has 0 bridgehead atoms. The Kier molecular flexibility index (Phi) is 6.74. The first-order valence-electron chi connectivity index (χ1n) is 12.0. The van der Waals surface area contributed by atoms with Crippen LogP contribution >= 0.6 is 0 Å². The van der Waals surface area contributed by atoms with Gasteiger partial charge in [0.1, 0.15) is 11.6 Å². The number of aryl methyl sites for hydroxylation is 2. The average Bonchev–Trinajstić information content (AvgIpc) is 3.00. The molecular weight excluding hydrogens is 511 g/mol. The van der Waals surface area contributed by atoms with Crippen LogP contribution in [0.25, 0.3) is 0 Å². The summed E-state index contributed by atoms with van der Waals surface area (Å²) in [6.07, 6.45) is -2.14. The Hall–Kier alpha value is -2.98. The number of halogens is 5. The number of fused-ring (bicyclic) bond motifs is 2. The van der Waals surface area contributed by atoms with Gasteiger partial charge in [0.15, 0.2) is 0 Å². The molecule has 1 heterocycles. The molecule has 1 atom stereocenters. The van der Waals surface area contributed by atoms with Crippen molar-refractivity contribution in [1.82, 2.24) is 4.31 Å². The number of alkyl halides is 3. The van der Waals surface area contributed by atoms with E-state index >= 15 is 0 Å². The molecule has 0 amide bonds. The van der Waals surface area contributed by atoms with Gasteiger partial charge in [0.25, 0.3) is 0 Å². The van der Waals surface area contributed by atoms with Crippen LogP contribution in [0.15, 0.2) is 60.7 Å². The number of nitrogens with one attached hydrogen (secondary N) is 1. The first-order chi connectivity index (χ1) is 17.5. The van der Waals surface area contributed by atoms with Gasteiger partial charge in [0.2, 0.25) is 0 Å². The number of hydrogen-bond donors (Lipinski definition) is 1. The van der Waals surface area contributed by atoms with E-state index in [2.05, 4.69) is 4.72 Å². The minimum Gasteiger partial charge on any atom is -0.271 e. The van der Waals surface area contributed by atoms with E-state index < -0.39 is 21.9 Å². The first-order valence-corrected chi connectivity index (χ1v) is 13.5. The summed E-state index contributed by atoms with van der Waals surface area (Å²) in [6.45, 7) is 0.417. The molecule has 37 heavy (non-hydrogen) atoms. The second-order valence-electron chi connectivity index (χ2n) is 9.61. The fourth-order valence-electron chi connectivity index (χ4n) is 5.54. The summed E-state index contributed by atoms with van der Waals surface area (Å²) in [4.78, 5) is 0. The van der Waals surface area contributed by atoms with Crippen LogP contribution in [-0.2, 0) is 29.2 Å². The SMILES string of the molecule is O=S(=O)(Nc1ccc(C(F)(F)F)cc1)N1CCCC(C2c3ccc(F)cc3CCc3cc(F)ccc32)C1. The molecule has 1 saturated heterocycles. The maximum absolute atomic E-state index is 14.1. The van der Waals surface area contributed by atoms with Crippen molar-refractivity contribution in [3.05, 3.63) is 100 Å². The molecule has 5 rings (SSSR count). The van der Waals surface area contributed by atoms with Crippen LogP contribution < -0.4 is 4.72 Å². The maximum Gasteiger partial charge on any atom is 0.416 e. The second-order valence-corrected chi connectivity index (χ2v) is 11.3. The minimum atomic E-state index is -4.52. The van der Waals surface area contributed by atoms with Crippen LogP contribution in [0.3, 0.4) is 0 Å². The number of hydrogen-bond acceptors (Lipinski definition) is 2. The third-order valence-electron chi connectivity index (χ3n) is 7.23. The van der Waals surface area contributed by atoms with Gasteiger partial charge in [-0.1, -0.05) is 12.1 Å². The lowest BCUT2D eigenvalue weighted by Gasteiger charge is -2.37. The van der Waals surface area contributed by atoms with Crippen LogP contribution in [0, 0.1) is 17.6 Å². The molecule has 196 valence electrons. The molecule has 0 radical (unpaired) electrons. The van der Waals surface area contributed by atoms with E-state index in [1.165, 1.54) is 28.6 Å². The van der Waals surface area contributed by atoms with E-state index in [0.29, 0.717) is 25.7 Å². The van der Waals surface area contributed by atoms with E-state index in [4.69, 9.17) is 0 Å². The summed E-state index contributed by atoms with van der Waals surface area (Å²) in [5, 5.41) is 0. The third-order valence-corrected chi connectivity index (χ3v) is 8.74. The fourth-order valence-corrected chi connectivity index (χ4v) is 6.86. The minimum absolute atomic E-state index is 0.0335. The van der Waals surface area contributed by atoms with Crippen LogP contribution in [0.2, 0.25) is 0 Å². The topological polar surface area (TPSA) is 49.4 Å². The quantitative estimate of drug-likeness (QED) is 0.399. The Morgan fingerprint density at radius 2 is 1.41 bits per heavy atom. The smallest absolute Gasteiger partial charge is 0.271 e. The van der Waals surface area contributed by atoms with Crippen LogP contribution in [0.5, 0.6) is 0 Å². The predicted molar refractivity (Wildman–Crippen MR) is 130 cm³/mol. The molecule has 1 fully saturated rings. The number of nitrogens with zero attached hydrogens (tertiary/aromatic N) is 1. The lowest BCUT2D eigenvalue weighted by Crippen LogP contribution is -2.44. The normalized spacial score (nSPS) is 19.1. The standard InChI is InChI=1S/C27H25F5N2O2S/c28-21-7-11-24-17(14-21)3-4-18-15-22(29)8-12-25(18)26(24)19-2-1-13-34(16-19)37(35,36)33-23-9-5-20(6-10-23)27(30,31)32/h5-12,14-15,19,26,33H,1-4,13,16H2. The molecule has 1 aliphatic heterocycles. The summed E-state index contributed by atoms with van der Waals surface area (Å²) < 4.78 is 96.9. The number of rotatable bonds is 4. The molecular formula is C27H25F5N2O2S. The van der Waals surface area contributed by atoms with Gasteiger partial charge in [0, 0.05) is 24.7 Å². The summed E-state index contributed by atoms with van der Waals surface area (Å²) >= 11 is 0. The summed E-state index contributed by atoms with van der Waals surface area (Å²) in [5.74, 6) is -1.13. The summed E-state index contributed by atoms with van der Waals surface area (Å²) in [7, 11) is -4.05. The fraction of sp³-hybridized carbons (Fsp3) is 0.333. The van der Waals surface area contributed by atoms with Gasteiger partial charge < -0.3 is 0 Å². The molecule has 1 N–H and O–H groups in total. The largest absolute Gasteiger partial charge is 0.416 e. The Labute approximate surface area is 212 Å². The molecule has 4 nitrogen and oxygen atoms in total. The van der Waals surface area contributed by atoms with Gasteiger partial charge >= 0.3 is 16.4 Å². The Morgan fingerprint density at radius 1 is 0.838 bits per heavy atom. The molecule has 3 aromatic rings. The van der Waals surface area contributed by atoms with Crippen molar-refractivity contribution in [3.63, 3.8) is 0 Å². The lowest BCUT2D eigenvalue weighted by atomic mass is 9.75. The summed E-state index contributed by atoms with van der Waals surface area (Å²) in [5.41, 5.74) is 2.63. The highest BCUT2D eigenvalue weighted by Gasteiger charge is 2.37. The van der Waals surface area contributed by atoms with Gasteiger partial charge in [-0.25, -0.2) is 8.78 Å². The van der Waals surface area contributed by atoms with E-state index in [-0.39, 0.29) is 42.2 Å². The third kappa shape index (κ3) is 5.36. The van der Waals surface area contributed by atoms with Crippen molar-refractivity contribution in [2.75, 3.05) is 17.8 Å². The van der Waals surface area contributed by atoms with Gasteiger partial charge in [0.05, 0.1) is 5.56 Å². The second kappa shape index (κ2) is 9.72. The van der Waals surface area contributed by atoms with Gasteiger partial charge in [-0.05, 0) is 102 Å². The molecule has 0 aromatic heterocycles. The molecule has 10 heteroatoms. The average molecular weight is 537 g/mol. The van der Waals surface area contributed by atoms with Crippen molar-refractivity contribution in [2.45, 2.75) is 37.8 Å².